The molecule has 0 aromatic rings. The average Bonchev–Trinajstić information content (AvgIpc) is 2.03. The average molecular weight is 210 g/mol. The predicted molar refractivity (Wildman–Crippen MR) is 52.9 cm³/mol. The Morgan fingerprint density at radius 2 is 1.36 bits per heavy atom. The van der Waals surface area contributed by atoms with Crippen LogP contribution in [0.15, 0.2) is 0 Å². The number of rotatable bonds is 6. The van der Waals surface area contributed by atoms with Crippen LogP contribution < -0.4 is 0 Å². The van der Waals surface area contributed by atoms with Crippen LogP contribution in [-0.2, 0) is 0 Å². The van der Waals surface area contributed by atoms with Gasteiger partial charge in [0.05, 0.1) is 0 Å². The van der Waals surface area contributed by atoms with Crippen molar-refractivity contribution in [1.29, 1.82) is 0 Å². The van der Waals surface area contributed by atoms with Gasteiger partial charge in [-0.2, -0.15) is 0 Å². The van der Waals surface area contributed by atoms with Gasteiger partial charge in [-0.25, -0.2) is 0 Å². The summed E-state index contributed by atoms with van der Waals surface area (Å²) in [5.74, 6) is 5.31. The Bertz CT molecular complexity index is 129. The molecule has 0 unspecified atom stereocenters. The number of unbranched alkanes of at least 4 members (excludes halogenated alkanes) is 2. The van der Waals surface area contributed by atoms with E-state index in [1.807, 2.05) is 0 Å². The molecule has 60 valence electrons. The Balaban J connectivity index is 2.82. The van der Waals surface area contributed by atoms with Crippen molar-refractivity contribution in [2.75, 3.05) is 0 Å². The summed E-state index contributed by atoms with van der Waals surface area (Å²) < 4.78 is 0. The zero-order chi connectivity index (χ0) is 8.36. The first-order valence-corrected chi connectivity index (χ1v) is 6.96. The first kappa shape index (κ1) is 10.7. The van der Waals surface area contributed by atoms with Gasteiger partial charge >= 0.3 is 76.5 Å². The summed E-state index contributed by atoms with van der Waals surface area (Å²) in [5, 5.41) is 2.77. The Morgan fingerprint density at radius 3 is 1.73 bits per heavy atom. The molecule has 0 atom stereocenters. The predicted octanol–water partition coefficient (Wildman–Crippen LogP) is 2.09. The van der Waals surface area contributed by atoms with E-state index in [9.17, 15) is 0 Å². The second-order valence-electron chi connectivity index (χ2n) is 2.37. The Labute approximate surface area is 76.8 Å². The van der Waals surface area contributed by atoms with Gasteiger partial charge < -0.3 is 0 Å². The molecule has 0 N–H and O–H groups in total. The molecule has 0 aromatic heterocycles. The van der Waals surface area contributed by atoms with E-state index in [0.29, 0.717) is 0 Å². The Hall–Kier alpha value is -0.322. The molecular formula is C10H15As. The van der Waals surface area contributed by atoms with Crippen LogP contribution in [0.3, 0.4) is 0 Å². The Kier molecular flexibility index (Phi) is 9.40. The zero-order valence-corrected chi connectivity index (χ0v) is 9.00. The molecule has 0 saturated carbocycles. The molecule has 0 heterocycles. The second kappa shape index (κ2) is 9.68. The van der Waals surface area contributed by atoms with Gasteiger partial charge in [0.1, 0.15) is 0 Å². The molecule has 0 aliphatic rings. The van der Waals surface area contributed by atoms with Gasteiger partial charge in [0.25, 0.3) is 0 Å². The SMILES string of the molecule is C#CCCC[AsH]CCCC#C. The summed E-state index contributed by atoms with van der Waals surface area (Å²) in [6.07, 6.45) is 14.6. The third kappa shape index (κ3) is 9.68. The van der Waals surface area contributed by atoms with Crippen LogP contribution in [0.4, 0.5) is 0 Å². The Morgan fingerprint density at radius 1 is 0.909 bits per heavy atom. The molecule has 0 aliphatic carbocycles. The molecule has 0 radical (unpaired) electrons. The summed E-state index contributed by atoms with van der Waals surface area (Å²) in [6.45, 7) is 0. The van der Waals surface area contributed by atoms with Crippen molar-refractivity contribution < 1.29 is 0 Å². The summed E-state index contributed by atoms with van der Waals surface area (Å²) in [6, 6.07) is 0. The third-order valence-electron chi connectivity index (χ3n) is 1.35. The molecule has 0 bridgehead atoms. The first-order valence-electron chi connectivity index (χ1n) is 3.99. The second-order valence-corrected chi connectivity index (χ2v) is 5.51. The van der Waals surface area contributed by atoms with E-state index in [-0.39, 0.29) is 15.8 Å². The monoisotopic (exact) mass is 210 g/mol. The first-order chi connectivity index (χ1) is 5.41. The minimum atomic E-state index is 0.290. The van der Waals surface area contributed by atoms with E-state index in [1.54, 1.807) is 0 Å². The van der Waals surface area contributed by atoms with Gasteiger partial charge in [-0.15, -0.1) is 0 Å². The summed E-state index contributed by atoms with van der Waals surface area (Å²) in [7, 11) is 0. The van der Waals surface area contributed by atoms with E-state index in [4.69, 9.17) is 12.8 Å². The zero-order valence-electron chi connectivity index (χ0n) is 6.90. The van der Waals surface area contributed by atoms with Crippen molar-refractivity contribution in [3.8, 4) is 24.7 Å². The fourth-order valence-corrected chi connectivity index (χ4v) is 3.07. The molecule has 1 heteroatoms. The van der Waals surface area contributed by atoms with Gasteiger partial charge in [0, 0.05) is 0 Å². The van der Waals surface area contributed by atoms with Crippen LogP contribution in [0.25, 0.3) is 0 Å². The van der Waals surface area contributed by atoms with Crippen LogP contribution in [0, 0.1) is 24.7 Å². The molecule has 0 saturated heterocycles. The normalized spacial score (nSPS) is 8.55. The molecule has 0 nitrogen and oxygen atoms in total. The van der Waals surface area contributed by atoms with Crippen LogP contribution in [0.5, 0.6) is 0 Å². The van der Waals surface area contributed by atoms with E-state index in [0.717, 1.165) is 12.8 Å². The number of terminal acetylenes is 2. The number of hydrogen-bond acceptors (Lipinski definition) is 0. The fourth-order valence-electron chi connectivity index (χ4n) is 0.756. The molecule has 0 amide bonds. The third-order valence-corrected chi connectivity index (χ3v) is 4.32. The number of hydrogen-bond donors (Lipinski definition) is 0. The van der Waals surface area contributed by atoms with Crippen molar-refractivity contribution >= 4 is 15.8 Å². The van der Waals surface area contributed by atoms with Gasteiger partial charge in [-0.3, -0.25) is 0 Å². The topological polar surface area (TPSA) is 0 Å². The van der Waals surface area contributed by atoms with Gasteiger partial charge in [0.15, 0.2) is 0 Å². The molecule has 0 aliphatic heterocycles. The van der Waals surface area contributed by atoms with Crippen LogP contribution >= 0.6 is 0 Å². The van der Waals surface area contributed by atoms with E-state index in [2.05, 4.69) is 11.8 Å². The maximum atomic E-state index is 5.13. The molecule has 0 rings (SSSR count). The van der Waals surface area contributed by atoms with Gasteiger partial charge in [-0.1, -0.05) is 0 Å². The van der Waals surface area contributed by atoms with Crippen LogP contribution in [-0.4, -0.2) is 15.8 Å². The van der Waals surface area contributed by atoms with Crippen molar-refractivity contribution in [3.63, 3.8) is 0 Å². The van der Waals surface area contributed by atoms with Gasteiger partial charge in [0.2, 0.25) is 0 Å². The molecule has 0 fully saturated rings. The van der Waals surface area contributed by atoms with E-state index in [1.165, 1.54) is 23.3 Å². The molecular weight excluding hydrogens is 195 g/mol. The summed E-state index contributed by atoms with van der Waals surface area (Å²) >= 11 is 0.290. The van der Waals surface area contributed by atoms with Gasteiger partial charge in [-0.05, 0) is 0 Å². The molecule has 0 spiro atoms. The molecule has 11 heavy (non-hydrogen) atoms. The standard InChI is InChI=1S/C10H15As/c1-3-5-7-9-11-10-8-6-4-2/h1-2,11H,5-10H2. The van der Waals surface area contributed by atoms with E-state index < -0.39 is 0 Å². The van der Waals surface area contributed by atoms with Crippen LogP contribution in [0.1, 0.15) is 25.7 Å². The maximum absolute atomic E-state index is 5.13. The minimum absolute atomic E-state index is 0.290. The van der Waals surface area contributed by atoms with Crippen LogP contribution in [0.2, 0.25) is 10.4 Å². The van der Waals surface area contributed by atoms with Crippen molar-refractivity contribution in [2.24, 2.45) is 0 Å². The van der Waals surface area contributed by atoms with Crippen molar-refractivity contribution in [2.45, 2.75) is 36.1 Å². The quantitative estimate of drug-likeness (QED) is 0.357. The summed E-state index contributed by atoms with van der Waals surface area (Å²) in [5.41, 5.74) is 0. The van der Waals surface area contributed by atoms with E-state index >= 15 is 0 Å². The van der Waals surface area contributed by atoms with Crippen molar-refractivity contribution in [1.82, 2.24) is 0 Å². The fraction of sp³-hybridized carbons (Fsp3) is 0.600. The summed E-state index contributed by atoms with van der Waals surface area (Å²) in [4.78, 5) is 0. The van der Waals surface area contributed by atoms with Crippen molar-refractivity contribution in [3.05, 3.63) is 0 Å². The molecule has 0 aromatic carbocycles.